The lowest BCUT2D eigenvalue weighted by atomic mass is 10.3. The molecule has 0 aliphatic carbocycles. The molecule has 0 aliphatic rings. The van der Waals surface area contributed by atoms with Crippen LogP contribution in [0.15, 0.2) is 52.9 Å². The van der Waals surface area contributed by atoms with Crippen molar-refractivity contribution in [1.82, 2.24) is 4.98 Å². The van der Waals surface area contributed by atoms with Crippen LogP contribution in [0, 0.1) is 0 Å². The molecule has 3 nitrogen and oxygen atoms in total. The van der Waals surface area contributed by atoms with E-state index < -0.39 is 0 Å². The highest BCUT2D eigenvalue weighted by molar-refractivity contribution is 6.31. The third-order valence-corrected chi connectivity index (χ3v) is 3.18. The fourth-order valence-corrected chi connectivity index (χ4v) is 2.15. The van der Waals surface area contributed by atoms with Gasteiger partial charge in [-0.15, -0.1) is 0 Å². The molecule has 102 valence electrons. The fraction of sp³-hybridized carbons (Fsp3) is 0.188. The summed E-state index contributed by atoms with van der Waals surface area (Å²) in [6.45, 7) is 0.642. The minimum atomic E-state index is 0.642. The summed E-state index contributed by atoms with van der Waals surface area (Å²) >= 11 is 5.92. The number of fused-ring (bicyclic) bond motifs is 1. The number of aryl methyl sites for hydroxylation is 1. The van der Waals surface area contributed by atoms with Gasteiger partial charge < -0.3 is 9.15 Å². The van der Waals surface area contributed by atoms with Gasteiger partial charge in [-0.1, -0.05) is 29.8 Å². The van der Waals surface area contributed by atoms with Crippen molar-refractivity contribution < 1.29 is 9.15 Å². The lowest BCUT2D eigenvalue weighted by Gasteiger charge is -2.03. The molecule has 3 rings (SSSR count). The average molecular weight is 288 g/mol. The molecule has 0 N–H and O–H groups in total. The fourth-order valence-electron chi connectivity index (χ4n) is 1.99. The van der Waals surface area contributed by atoms with E-state index in [4.69, 9.17) is 20.8 Å². The Hall–Kier alpha value is -2.00. The molecule has 0 saturated heterocycles. The van der Waals surface area contributed by atoms with Gasteiger partial charge in [0.15, 0.2) is 11.5 Å². The molecule has 1 heterocycles. The van der Waals surface area contributed by atoms with Crippen LogP contribution in [0.25, 0.3) is 11.1 Å². The van der Waals surface area contributed by atoms with Crippen LogP contribution in [0.2, 0.25) is 5.02 Å². The zero-order valence-corrected chi connectivity index (χ0v) is 11.6. The normalized spacial score (nSPS) is 10.8. The highest BCUT2D eigenvalue weighted by atomic mass is 35.5. The number of nitrogens with zero attached hydrogens (tertiary/aromatic N) is 1. The van der Waals surface area contributed by atoms with Crippen molar-refractivity contribution in [3.63, 3.8) is 0 Å². The second kappa shape index (κ2) is 5.97. The zero-order chi connectivity index (χ0) is 13.8. The molecule has 1 aromatic heterocycles. The number of hydrogen-bond donors (Lipinski definition) is 0. The molecule has 2 aromatic carbocycles. The molecule has 0 atom stereocenters. The highest BCUT2D eigenvalue weighted by Crippen LogP contribution is 2.20. The first-order chi connectivity index (χ1) is 9.81. The van der Waals surface area contributed by atoms with E-state index in [0.29, 0.717) is 11.6 Å². The maximum Gasteiger partial charge on any atom is 0.195 e. The van der Waals surface area contributed by atoms with Gasteiger partial charge in [-0.25, -0.2) is 4.98 Å². The van der Waals surface area contributed by atoms with Crippen LogP contribution in [0.4, 0.5) is 0 Å². The lowest BCUT2D eigenvalue weighted by molar-refractivity contribution is 0.306. The van der Waals surface area contributed by atoms with Gasteiger partial charge in [0.2, 0.25) is 0 Å². The standard InChI is InChI=1S/C16H14ClNO2/c17-12-8-9-15-14(11-12)18-16(20-15)7-4-10-19-13-5-2-1-3-6-13/h1-3,5-6,8-9,11H,4,7,10H2. The number of ether oxygens (including phenoxy) is 1. The van der Waals surface area contributed by atoms with Crippen molar-refractivity contribution in [2.45, 2.75) is 12.8 Å². The quantitative estimate of drug-likeness (QED) is 0.648. The van der Waals surface area contributed by atoms with E-state index >= 15 is 0 Å². The van der Waals surface area contributed by atoms with Gasteiger partial charge in [0, 0.05) is 11.4 Å². The van der Waals surface area contributed by atoms with E-state index in [2.05, 4.69) is 4.98 Å². The lowest BCUT2D eigenvalue weighted by Crippen LogP contribution is -1.99. The molecule has 0 spiro atoms. The zero-order valence-electron chi connectivity index (χ0n) is 10.9. The smallest absolute Gasteiger partial charge is 0.195 e. The Kier molecular flexibility index (Phi) is 3.88. The summed E-state index contributed by atoms with van der Waals surface area (Å²) in [6.07, 6.45) is 1.61. The van der Waals surface area contributed by atoms with Gasteiger partial charge in [-0.2, -0.15) is 0 Å². The predicted octanol–water partition coefficient (Wildman–Crippen LogP) is 4.49. The van der Waals surface area contributed by atoms with Gasteiger partial charge >= 0.3 is 0 Å². The molecule has 0 saturated carbocycles. The molecule has 0 amide bonds. The topological polar surface area (TPSA) is 35.3 Å². The summed E-state index contributed by atoms with van der Waals surface area (Å²) in [7, 11) is 0. The van der Waals surface area contributed by atoms with Gasteiger partial charge in [0.1, 0.15) is 11.3 Å². The molecular weight excluding hydrogens is 274 g/mol. The summed E-state index contributed by atoms with van der Waals surface area (Å²) < 4.78 is 11.3. The molecule has 20 heavy (non-hydrogen) atoms. The van der Waals surface area contributed by atoms with Crippen LogP contribution in [0.5, 0.6) is 5.75 Å². The molecule has 0 fully saturated rings. The van der Waals surface area contributed by atoms with Gasteiger partial charge in [-0.05, 0) is 36.8 Å². The van der Waals surface area contributed by atoms with Crippen LogP contribution in [-0.2, 0) is 6.42 Å². The summed E-state index contributed by atoms with van der Waals surface area (Å²) in [5, 5.41) is 0.671. The Bertz CT molecular complexity index is 694. The van der Waals surface area contributed by atoms with E-state index in [9.17, 15) is 0 Å². The van der Waals surface area contributed by atoms with E-state index in [1.807, 2.05) is 42.5 Å². The van der Waals surface area contributed by atoms with Crippen molar-refractivity contribution in [3.05, 3.63) is 59.4 Å². The Morgan fingerprint density at radius 1 is 1.10 bits per heavy atom. The summed E-state index contributed by atoms with van der Waals surface area (Å²) in [6, 6.07) is 15.2. The third kappa shape index (κ3) is 3.11. The second-order valence-electron chi connectivity index (χ2n) is 4.48. The number of benzene rings is 2. The number of rotatable bonds is 5. The first kappa shape index (κ1) is 13.0. The molecule has 0 unspecified atom stereocenters. The Morgan fingerprint density at radius 3 is 2.80 bits per heavy atom. The first-order valence-corrected chi connectivity index (χ1v) is 6.92. The maximum atomic E-state index is 5.92. The van der Waals surface area contributed by atoms with E-state index in [1.165, 1.54) is 0 Å². The van der Waals surface area contributed by atoms with Crippen LogP contribution in [0.3, 0.4) is 0 Å². The molecule has 3 aromatic rings. The molecule has 4 heteroatoms. The number of para-hydroxylation sites is 1. The van der Waals surface area contributed by atoms with Gasteiger partial charge in [0.25, 0.3) is 0 Å². The minimum Gasteiger partial charge on any atom is -0.494 e. The Morgan fingerprint density at radius 2 is 1.95 bits per heavy atom. The summed E-state index contributed by atoms with van der Waals surface area (Å²) in [4.78, 5) is 4.41. The van der Waals surface area contributed by atoms with Crippen LogP contribution < -0.4 is 4.74 Å². The molecular formula is C16H14ClNO2. The number of aromatic nitrogens is 1. The largest absolute Gasteiger partial charge is 0.494 e. The second-order valence-corrected chi connectivity index (χ2v) is 4.92. The Labute approximate surface area is 122 Å². The van der Waals surface area contributed by atoms with E-state index in [1.54, 1.807) is 6.07 Å². The van der Waals surface area contributed by atoms with E-state index in [0.717, 1.165) is 35.6 Å². The van der Waals surface area contributed by atoms with Gasteiger partial charge in [-0.3, -0.25) is 0 Å². The molecule has 0 aliphatic heterocycles. The summed E-state index contributed by atoms with van der Waals surface area (Å²) in [5.74, 6) is 1.61. The SMILES string of the molecule is Clc1ccc2oc(CCCOc3ccccc3)nc2c1. The van der Waals surface area contributed by atoms with Gasteiger partial charge in [0.05, 0.1) is 6.61 Å². The molecule has 0 radical (unpaired) electrons. The number of halogens is 1. The van der Waals surface area contributed by atoms with Crippen LogP contribution >= 0.6 is 11.6 Å². The predicted molar refractivity (Wildman–Crippen MR) is 79.3 cm³/mol. The van der Waals surface area contributed by atoms with Crippen molar-refractivity contribution in [3.8, 4) is 5.75 Å². The minimum absolute atomic E-state index is 0.642. The highest BCUT2D eigenvalue weighted by Gasteiger charge is 2.06. The van der Waals surface area contributed by atoms with Crippen molar-refractivity contribution >= 4 is 22.7 Å². The first-order valence-electron chi connectivity index (χ1n) is 6.54. The monoisotopic (exact) mass is 287 g/mol. The number of oxazole rings is 1. The third-order valence-electron chi connectivity index (χ3n) is 2.94. The molecule has 0 bridgehead atoms. The summed E-state index contributed by atoms with van der Waals surface area (Å²) in [5.41, 5.74) is 1.57. The van der Waals surface area contributed by atoms with Crippen LogP contribution in [0.1, 0.15) is 12.3 Å². The number of hydrogen-bond acceptors (Lipinski definition) is 3. The average Bonchev–Trinajstić information content (AvgIpc) is 2.86. The van der Waals surface area contributed by atoms with Crippen LogP contribution in [-0.4, -0.2) is 11.6 Å². The van der Waals surface area contributed by atoms with Crippen molar-refractivity contribution in [2.24, 2.45) is 0 Å². The maximum absolute atomic E-state index is 5.92. The Balaban J connectivity index is 1.55. The van der Waals surface area contributed by atoms with Crippen molar-refractivity contribution in [1.29, 1.82) is 0 Å². The van der Waals surface area contributed by atoms with Crippen molar-refractivity contribution in [2.75, 3.05) is 6.61 Å². The van der Waals surface area contributed by atoms with E-state index in [-0.39, 0.29) is 0 Å².